The Morgan fingerprint density at radius 1 is 1.15 bits per heavy atom. The average molecular weight is 280 g/mol. The number of carbonyl (C=O) groups is 1. The molecule has 116 valence electrons. The minimum absolute atomic E-state index is 0.0983. The zero-order valence-corrected chi connectivity index (χ0v) is 13.4. The van der Waals surface area contributed by atoms with E-state index in [4.69, 9.17) is 5.73 Å². The molecule has 0 atom stereocenters. The van der Waals surface area contributed by atoms with Gasteiger partial charge in [-0.15, -0.1) is 0 Å². The van der Waals surface area contributed by atoms with Crippen LogP contribution in [0.4, 0.5) is 0 Å². The van der Waals surface area contributed by atoms with Crippen LogP contribution >= 0.6 is 0 Å². The van der Waals surface area contributed by atoms with Gasteiger partial charge >= 0.3 is 0 Å². The number of amides is 1. The van der Waals surface area contributed by atoms with E-state index < -0.39 is 0 Å². The molecule has 0 bridgehead atoms. The van der Waals surface area contributed by atoms with Crippen molar-refractivity contribution in [2.45, 2.75) is 90.1 Å². The van der Waals surface area contributed by atoms with Gasteiger partial charge in [0.25, 0.3) is 0 Å². The minimum Gasteiger partial charge on any atom is -0.337 e. The first-order valence-corrected chi connectivity index (χ1v) is 8.59. The molecule has 0 saturated heterocycles. The standard InChI is InChI=1S/C17H32N2O/c1-14(2)19(15-8-4-5-9-15)16(20)12-17(13-18)10-6-3-7-11-17/h14-15H,3-13,18H2,1-2H3. The van der Waals surface area contributed by atoms with Crippen LogP contribution in [0.5, 0.6) is 0 Å². The summed E-state index contributed by atoms with van der Waals surface area (Å²) in [4.78, 5) is 15.1. The van der Waals surface area contributed by atoms with E-state index in [0.717, 1.165) is 12.8 Å². The number of rotatable bonds is 5. The second kappa shape index (κ2) is 6.93. The van der Waals surface area contributed by atoms with Crippen LogP contribution in [0.3, 0.4) is 0 Å². The number of hydrogen-bond acceptors (Lipinski definition) is 2. The molecule has 2 rings (SSSR count). The maximum atomic E-state index is 12.9. The number of nitrogens with zero attached hydrogens (tertiary/aromatic N) is 1. The van der Waals surface area contributed by atoms with E-state index in [0.29, 0.717) is 31.0 Å². The smallest absolute Gasteiger partial charge is 0.223 e. The molecule has 0 spiro atoms. The highest BCUT2D eigenvalue weighted by Gasteiger charge is 2.37. The van der Waals surface area contributed by atoms with Crippen molar-refractivity contribution in [2.75, 3.05) is 6.54 Å². The first kappa shape index (κ1) is 15.8. The molecule has 2 N–H and O–H groups in total. The third-order valence-electron chi connectivity index (χ3n) is 5.44. The number of hydrogen-bond donors (Lipinski definition) is 1. The third-order valence-corrected chi connectivity index (χ3v) is 5.44. The van der Waals surface area contributed by atoms with E-state index in [1.807, 2.05) is 0 Å². The average Bonchev–Trinajstić information content (AvgIpc) is 2.93. The summed E-state index contributed by atoms with van der Waals surface area (Å²) in [6.45, 7) is 4.99. The molecule has 2 aliphatic rings. The Bertz CT molecular complexity index is 315. The number of carbonyl (C=O) groups excluding carboxylic acids is 1. The summed E-state index contributed by atoms with van der Waals surface area (Å²) < 4.78 is 0. The lowest BCUT2D eigenvalue weighted by atomic mass is 9.71. The Morgan fingerprint density at radius 3 is 2.25 bits per heavy atom. The van der Waals surface area contributed by atoms with Crippen molar-refractivity contribution in [3.05, 3.63) is 0 Å². The normalized spacial score (nSPS) is 23.2. The van der Waals surface area contributed by atoms with Crippen LogP contribution in [-0.4, -0.2) is 29.4 Å². The van der Waals surface area contributed by atoms with Crippen LogP contribution in [0.25, 0.3) is 0 Å². The SMILES string of the molecule is CC(C)N(C(=O)CC1(CN)CCCCC1)C1CCCC1. The monoisotopic (exact) mass is 280 g/mol. The summed E-state index contributed by atoms with van der Waals surface area (Å²) in [6.07, 6.45) is 11.7. The summed E-state index contributed by atoms with van der Waals surface area (Å²) in [7, 11) is 0. The fourth-order valence-corrected chi connectivity index (χ4v) is 4.26. The molecule has 0 aromatic carbocycles. The molecule has 20 heavy (non-hydrogen) atoms. The Labute approximate surface area is 124 Å². The molecular weight excluding hydrogens is 248 g/mol. The quantitative estimate of drug-likeness (QED) is 0.838. The molecule has 0 aliphatic heterocycles. The van der Waals surface area contributed by atoms with Crippen molar-refractivity contribution in [3.63, 3.8) is 0 Å². The summed E-state index contributed by atoms with van der Waals surface area (Å²) >= 11 is 0. The van der Waals surface area contributed by atoms with Crippen LogP contribution in [-0.2, 0) is 4.79 Å². The van der Waals surface area contributed by atoms with Gasteiger partial charge in [0.1, 0.15) is 0 Å². The maximum absolute atomic E-state index is 12.9. The molecule has 1 amide bonds. The van der Waals surface area contributed by atoms with E-state index in [-0.39, 0.29) is 5.41 Å². The lowest BCUT2D eigenvalue weighted by molar-refractivity contribution is -0.138. The molecule has 0 aromatic heterocycles. The van der Waals surface area contributed by atoms with Crippen LogP contribution in [0.15, 0.2) is 0 Å². The van der Waals surface area contributed by atoms with Gasteiger partial charge in [0.2, 0.25) is 5.91 Å². The molecule has 0 heterocycles. The second-order valence-corrected chi connectivity index (χ2v) is 7.27. The molecule has 0 radical (unpaired) electrons. The lowest BCUT2D eigenvalue weighted by Crippen LogP contribution is -2.47. The largest absolute Gasteiger partial charge is 0.337 e. The highest BCUT2D eigenvalue weighted by atomic mass is 16.2. The molecule has 3 heteroatoms. The Morgan fingerprint density at radius 2 is 1.75 bits per heavy atom. The Balaban J connectivity index is 2.03. The van der Waals surface area contributed by atoms with Crippen LogP contribution in [0.1, 0.15) is 78.1 Å². The van der Waals surface area contributed by atoms with Gasteiger partial charge in [-0.05, 0) is 51.5 Å². The fourth-order valence-electron chi connectivity index (χ4n) is 4.26. The zero-order chi connectivity index (χ0) is 14.6. The third kappa shape index (κ3) is 3.55. The summed E-state index contributed by atoms with van der Waals surface area (Å²) in [5.74, 6) is 0.360. The summed E-state index contributed by atoms with van der Waals surface area (Å²) in [6, 6.07) is 0.810. The van der Waals surface area contributed by atoms with Crippen molar-refractivity contribution < 1.29 is 4.79 Å². The summed E-state index contributed by atoms with van der Waals surface area (Å²) in [5, 5.41) is 0. The topological polar surface area (TPSA) is 46.3 Å². The first-order valence-electron chi connectivity index (χ1n) is 8.59. The number of nitrogens with two attached hydrogens (primary N) is 1. The van der Waals surface area contributed by atoms with Crippen LogP contribution < -0.4 is 5.73 Å². The fraction of sp³-hybridized carbons (Fsp3) is 0.941. The summed E-state index contributed by atoms with van der Waals surface area (Å²) in [5.41, 5.74) is 6.14. The van der Waals surface area contributed by atoms with Gasteiger partial charge in [0, 0.05) is 18.5 Å². The van der Waals surface area contributed by atoms with Crippen LogP contribution in [0.2, 0.25) is 0 Å². The Kier molecular flexibility index (Phi) is 5.48. The van der Waals surface area contributed by atoms with Crippen molar-refractivity contribution in [1.82, 2.24) is 4.90 Å². The van der Waals surface area contributed by atoms with Gasteiger partial charge in [0.15, 0.2) is 0 Å². The van der Waals surface area contributed by atoms with Gasteiger partial charge < -0.3 is 10.6 Å². The van der Waals surface area contributed by atoms with Crippen molar-refractivity contribution in [2.24, 2.45) is 11.1 Å². The molecule has 2 aliphatic carbocycles. The van der Waals surface area contributed by atoms with Crippen molar-refractivity contribution in [1.29, 1.82) is 0 Å². The molecule has 0 unspecified atom stereocenters. The highest BCUT2D eigenvalue weighted by Crippen LogP contribution is 2.39. The maximum Gasteiger partial charge on any atom is 0.223 e. The van der Waals surface area contributed by atoms with E-state index in [9.17, 15) is 4.79 Å². The molecule has 0 aromatic rings. The lowest BCUT2D eigenvalue weighted by Gasteiger charge is -2.40. The molecule has 2 fully saturated rings. The molecule has 2 saturated carbocycles. The molecular formula is C17H32N2O. The zero-order valence-electron chi connectivity index (χ0n) is 13.4. The predicted molar refractivity (Wildman–Crippen MR) is 83.4 cm³/mol. The van der Waals surface area contributed by atoms with E-state index >= 15 is 0 Å². The van der Waals surface area contributed by atoms with Gasteiger partial charge in [-0.25, -0.2) is 0 Å². The predicted octanol–water partition coefficient (Wildman–Crippen LogP) is 3.47. The highest BCUT2D eigenvalue weighted by molar-refractivity contribution is 5.77. The Hall–Kier alpha value is -0.570. The molecule has 3 nitrogen and oxygen atoms in total. The first-order chi connectivity index (χ1) is 9.58. The van der Waals surface area contributed by atoms with Gasteiger partial charge in [-0.3, -0.25) is 4.79 Å². The van der Waals surface area contributed by atoms with E-state index in [1.54, 1.807) is 0 Å². The van der Waals surface area contributed by atoms with Gasteiger partial charge in [-0.1, -0.05) is 32.1 Å². The van der Waals surface area contributed by atoms with E-state index in [1.165, 1.54) is 44.9 Å². The van der Waals surface area contributed by atoms with Crippen LogP contribution in [0, 0.1) is 5.41 Å². The van der Waals surface area contributed by atoms with Crippen molar-refractivity contribution >= 4 is 5.91 Å². The van der Waals surface area contributed by atoms with Gasteiger partial charge in [0.05, 0.1) is 0 Å². The van der Waals surface area contributed by atoms with Gasteiger partial charge in [-0.2, -0.15) is 0 Å². The second-order valence-electron chi connectivity index (χ2n) is 7.27. The van der Waals surface area contributed by atoms with E-state index in [2.05, 4.69) is 18.7 Å². The van der Waals surface area contributed by atoms with Crippen molar-refractivity contribution in [3.8, 4) is 0 Å². The minimum atomic E-state index is 0.0983.